The fourth-order valence-electron chi connectivity index (χ4n) is 2.55. The summed E-state index contributed by atoms with van der Waals surface area (Å²) in [5.74, 6) is -0.268. The number of rotatable bonds is 3. The third-order valence-electron chi connectivity index (χ3n) is 3.92. The van der Waals surface area contributed by atoms with Crippen LogP contribution in [-0.2, 0) is 19.3 Å². The number of ether oxygens (including phenoxy) is 2. The van der Waals surface area contributed by atoms with Crippen molar-refractivity contribution in [1.29, 1.82) is 0 Å². The quantitative estimate of drug-likeness (QED) is 0.777. The van der Waals surface area contributed by atoms with E-state index in [1.807, 2.05) is 0 Å². The maximum absolute atomic E-state index is 12.1. The van der Waals surface area contributed by atoms with Crippen molar-refractivity contribution in [3.8, 4) is 0 Å². The van der Waals surface area contributed by atoms with Gasteiger partial charge in [-0.2, -0.15) is 0 Å². The Kier molecular flexibility index (Phi) is 4.26. The molecule has 2 heterocycles. The number of sulfone groups is 1. The summed E-state index contributed by atoms with van der Waals surface area (Å²) < 4.78 is 35.0. The lowest BCUT2D eigenvalue weighted by Crippen LogP contribution is -2.50. The van der Waals surface area contributed by atoms with E-state index in [0.29, 0.717) is 26.3 Å². The van der Waals surface area contributed by atoms with Gasteiger partial charge in [0.25, 0.3) is 0 Å². The van der Waals surface area contributed by atoms with Gasteiger partial charge in [-0.25, -0.2) is 8.42 Å². The van der Waals surface area contributed by atoms with Crippen LogP contribution < -0.4 is 0 Å². The number of piperidine rings is 1. The Morgan fingerprint density at radius 2 is 1.84 bits per heavy atom. The normalized spacial score (nSPS) is 25.0. The highest BCUT2D eigenvalue weighted by atomic mass is 32.2. The molecule has 2 rings (SSSR count). The van der Waals surface area contributed by atoms with Crippen molar-refractivity contribution >= 4 is 9.84 Å². The molecule has 0 atom stereocenters. The van der Waals surface area contributed by atoms with Crippen LogP contribution in [0.15, 0.2) is 0 Å². The van der Waals surface area contributed by atoms with E-state index < -0.39 is 20.4 Å². The Morgan fingerprint density at radius 1 is 1.21 bits per heavy atom. The molecule has 2 aliphatic rings. The molecule has 0 N–H and O–H groups in total. The van der Waals surface area contributed by atoms with E-state index in [1.54, 1.807) is 20.8 Å². The maximum atomic E-state index is 12.1. The zero-order valence-electron chi connectivity index (χ0n) is 12.1. The van der Waals surface area contributed by atoms with Crippen LogP contribution in [0.5, 0.6) is 0 Å². The third kappa shape index (κ3) is 3.48. The molecule has 0 aromatic rings. The van der Waals surface area contributed by atoms with Crippen LogP contribution in [0.2, 0.25) is 0 Å². The first-order valence-electron chi connectivity index (χ1n) is 6.97. The second-order valence-corrected chi connectivity index (χ2v) is 9.28. The minimum atomic E-state index is -3.06. The molecule has 0 bridgehead atoms. The van der Waals surface area contributed by atoms with E-state index in [9.17, 15) is 8.42 Å². The second kappa shape index (κ2) is 5.31. The zero-order chi connectivity index (χ0) is 14.1. The van der Waals surface area contributed by atoms with E-state index in [-0.39, 0.29) is 5.75 Å². The molecule has 0 amide bonds. The van der Waals surface area contributed by atoms with Gasteiger partial charge in [0, 0.05) is 13.0 Å². The Bertz CT molecular complexity index is 407. The summed E-state index contributed by atoms with van der Waals surface area (Å²) in [5.41, 5.74) is 0. The SMILES string of the molecule is CC(C)(C)S(=O)(=O)CCN1CCCC2(C1)OCCO2. The Labute approximate surface area is 116 Å². The summed E-state index contributed by atoms with van der Waals surface area (Å²) in [6.45, 7) is 8.73. The highest BCUT2D eigenvalue weighted by Gasteiger charge is 2.41. The van der Waals surface area contributed by atoms with Crippen molar-refractivity contribution in [1.82, 2.24) is 4.90 Å². The molecule has 1 spiro atoms. The molecule has 6 heteroatoms. The number of nitrogens with zero attached hydrogens (tertiary/aromatic N) is 1. The lowest BCUT2D eigenvalue weighted by molar-refractivity contribution is -0.188. The monoisotopic (exact) mass is 291 g/mol. The van der Waals surface area contributed by atoms with Gasteiger partial charge in [0.2, 0.25) is 0 Å². The van der Waals surface area contributed by atoms with Crippen LogP contribution in [0.25, 0.3) is 0 Å². The fraction of sp³-hybridized carbons (Fsp3) is 1.00. The summed E-state index contributed by atoms with van der Waals surface area (Å²) in [7, 11) is -3.06. The van der Waals surface area contributed by atoms with E-state index >= 15 is 0 Å². The molecule has 2 fully saturated rings. The maximum Gasteiger partial charge on any atom is 0.181 e. The Morgan fingerprint density at radius 3 is 2.42 bits per heavy atom. The van der Waals surface area contributed by atoms with Gasteiger partial charge in [-0.1, -0.05) is 0 Å². The van der Waals surface area contributed by atoms with Crippen LogP contribution in [0, 0.1) is 0 Å². The van der Waals surface area contributed by atoms with Crippen LogP contribution in [0.3, 0.4) is 0 Å². The molecule has 5 nitrogen and oxygen atoms in total. The number of likely N-dealkylation sites (tertiary alicyclic amines) is 1. The first kappa shape index (κ1) is 15.2. The molecular weight excluding hydrogens is 266 g/mol. The fourth-order valence-corrected chi connectivity index (χ4v) is 3.66. The summed E-state index contributed by atoms with van der Waals surface area (Å²) in [6.07, 6.45) is 1.91. The molecule has 19 heavy (non-hydrogen) atoms. The van der Waals surface area contributed by atoms with Crippen molar-refractivity contribution in [2.24, 2.45) is 0 Å². The lowest BCUT2D eigenvalue weighted by Gasteiger charge is -2.38. The summed E-state index contributed by atoms with van der Waals surface area (Å²) in [4.78, 5) is 2.15. The predicted octanol–water partition coefficient (Wildman–Crippen LogP) is 1.04. The van der Waals surface area contributed by atoms with Crippen molar-refractivity contribution in [3.05, 3.63) is 0 Å². The minimum absolute atomic E-state index is 0.201. The van der Waals surface area contributed by atoms with E-state index in [1.165, 1.54) is 0 Å². The van der Waals surface area contributed by atoms with Crippen molar-refractivity contribution in [2.45, 2.75) is 44.1 Å². The molecule has 0 radical (unpaired) electrons. The van der Waals surface area contributed by atoms with Gasteiger partial charge in [-0.15, -0.1) is 0 Å². The van der Waals surface area contributed by atoms with Crippen LogP contribution in [-0.4, -0.2) is 62.5 Å². The van der Waals surface area contributed by atoms with Gasteiger partial charge in [0.1, 0.15) is 0 Å². The van der Waals surface area contributed by atoms with Gasteiger partial charge in [-0.3, -0.25) is 4.90 Å². The summed E-state index contributed by atoms with van der Waals surface area (Å²) in [6, 6.07) is 0. The third-order valence-corrected chi connectivity index (χ3v) is 6.51. The van der Waals surface area contributed by atoms with Gasteiger partial charge < -0.3 is 9.47 Å². The van der Waals surface area contributed by atoms with Gasteiger partial charge in [0.15, 0.2) is 15.6 Å². The molecular formula is C13H25NO4S. The molecule has 0 aromatic carbocycles. The lowest BCUT2D eigenvalue weighted by atomic mass is 10.0. The zero-order valence-corrected chi connectivity index (χ0v) is 13.0. The molecule has 2 saturated heterocycles. The molecule has 0 aliphatic carbocycles. The standard InChI is InChI=1S/C13H25NO4S/c1-12(2,3)19(15,16)10-7-14-6-4-5-13(11-14)17-8-9-18-13/h4-11H2,1-3H3. The minimum Gasteiger partial charge on any atom is -0.346 e. The summed E-state index contributed by atoms with van der Waals surface area (Å²) >= 11 is 0. The van der Waals surface area contributed by atoms with Crippen molar-refractivity contribution in [3.63, 3.8) is 0 Å². The molecule has 0 saturated carbocycles. The smallest absolute Gasteiger partial charge is 0.181 e. The van der Waals surface area contributed by atoms with Crippen LogP contribution >= 0.6 is 0 Å². The number of hydrogen-bond acceptors (Lipinski definition) is 5. The highest BCUT2D eigenvalue weighted by molar-refractivity contribution is 7.92. The van der Waals surface area contributed by atoms with E-state index in [0.717, 1.165) is 19.4 Å². The van der Waals surface area contributed by atoms with Crippen molar-refractivity contribution < 1.29 is 17.9 Å². The van der Waals surface area contributed by atoms with E-state index in [4.69, 9.17) is 9.47 Å². The van der Waals surface area contributed by atoms with Crippen LogP contribution in [0.1, 0.15) is 33.6 Å². The van der Waals surface area contributed by atoms with Crippen molar-refractivity contribution in [2.75, 3.05) is 38.6 Å². The van der Waals surface area contributed by atoms with Gasteiger partial charge in [0.05, 0.1) is 30.3 Å². The molecule has 0 unspecified atom stereocenters. The first-order valence-corrected chi connectivity index (χ1v) is 8.62. The van der Waals surface area contributed by atoms with Crippen LogP contribution in [0.4, 0.5) is 0 Å². The van der Waals surface area contributed by atoms with E-state index in [2.05, 4.69) is 4.90 Å². The molecule has 0 aromatic heterocycles. The Balaban J connectivity index is 1.90. The summed E-state index contributed by atoms with van der Waals surface area (Å²) in [5, 5.41) is 0. The highest BCUT2D eigenvalue weighted by Crippen LogP contribution is 2.30. The Hall–Kier alpha value is -0.170. The second-order valence-electron chi connectivity index (χ2n) is 6.42. The predicted molar refractivity (Wildman–Crippen MR) is 73.8 cm³/mol. The largest absolute Gasteiger partial charge is 0.346 e. The molecule has 112 valence electrons. The topological polar surface area (TPSA) is 55.8 Å². The average molecular weight is 291 g/mol. The number of hydrogen-bond donors (Lipinski definition) is 0. The van der Waals surface area contributed by atoms with Gasteiger partial charge >= 0.3 is 0 Å². The first-order chi connectivity index (χ1) is 8.74. The molecule has 2 aliphatic heterocycles. The average Bonchev–Trinajstić information content (AvgIpc) is 2.73. The van der Waals surface area contributed by atoms with Gasteiger partial charge in [-0.05, 0) is 33.7 Å².